The maximum absolute atomic E-state index is 12.8. The molecule has 0 aromatic carbocycles. The summed E-state index contributed by atoms with van der Waals surface area (Å²) in [5.41, 5.74) is -0.295. The van der Waals surface area contributed by atoms with E-state index in [9.17, 15) is 9.59 Å². The maximum Gasteiger partial charge on any atom is 0.246 e. The van der Waals surface area contributed by atoms with Crippen LogP contribution in [0.4, 0.5) is 0 Å². The first-order valence-corrected chi connectivity index (χ1v) is 8.75. The number of hydrogen-bond acceptors (Lipinski definition) is 3. The highest BCUT2D eigenvalue weighted by Crippen LogP contribution is 2.30. The smallest absolute Gasteiger partial charge is 0.246 e. The fourth-order valence-corrected chi connectivity index (χ4v) is 4.01. The van der Waals surface area contributed by atoms with Crippen LogP contribution in [0.3, 0.4) is 0 Å². The standard InChI is InChI=1S/C15H21BrN2O2S/c1-5-10-13(19)17-12(15(2,3)4)14(20)18(10)8-11-9(16)6-7-21-11/h6-7,10,12H,5,8H2,1-4H3,(H,17,19). The van der Waals surface area contributed by atoms with Crippen molar-refractivity contribution in [3.63, 3.8) is 0 Å². The normalized spacial score (nSPS) is 23.4. The minimum absolute atomic E-state index is 0.00856. The molecule has 1 fully saturated rings. The molecule has 116 valence electrons. The van der Waals surface area contributed by atoms with Gasteiger partial charge in [-0.1, -0.05) is 27.7 Å². The molecule has 1 aromatic rings. The van der Waals surface area contributed by atoms with E-state index in [1.807, 2.05) is 39.1 Å². The Labute approximate surface area is 138 Å². The molecule has 1 aromatic heterocycles. The molecule has 0 aliphatic carbocycles. The largest absolute Gasteiger partial charge is 0.342 e. The van der Waals surface area contributed by atoms with Crippen LogP contribution >= 0.6 is 27.3 Å². The van der Waals surface area contributed by atoms with Crippen LogP contribution in [-0.4, -0.2) is 28.8 Å². The summed E-state index contributed by atoms with van der Waals surface area (Å²) in [5, 5.41) is 4.88. The Hall–Kier alpha value is -0.880. The van der Waals surface area contributed by atoms with Crippen molar-refractivity contribution in [2.24, 2.45) is 5.41 Å². The van der Waals surface area contributed by atoms with Crippen molar-refractivity contribution in [1.82, 2.24) is 10.2 Å². The van der Waals surface area contributed by atoms with Crippen LogP contribution < -0.4 is 5.32 Å². The molecule has 2 heterocycles. The average Bonchev–Trinajstić information content (AvgIpc) is 2.78. The van der Waals surface area contributed by atoms with Gasteiger partial charge in [0.2, 0.25) is 11.8 Å². The molecule has 2 amide bonds. The highest BCUT2D eigenvalue weighted by atomic mass is 79.9. The summed E-state index contributed by atoms with van der Waals surface area (Å²) in [6, 6.07) is 1.12. The van der Waals surface area contributed by atoms with E-state index in [2.05, 4.69) is 21.2 Å². The molecule has 0 bridgehead atoms. The number of rotatable bonds is 3. The van der Waals surface area contributed by atoms with E-state index in [4.69, 9.17) is 0 Å². The van der Waals surface area contributed by atoms with Gasteiger partial charge >= 0.3 is 0 Å². The molecule has 2 rings (SSSR count). The van der Waals surface area contributed by atoms with Crippen LogP contribution in [0.25, 0.3) is 0 Å². The van der Waals surface area contributed by atoms with Crippen LogP contribution in [0.5, 0.6) is 0 Å². The second-order valence-corrected chi connectivity index (χ2v) is 8.24. The van der Waals surface area contributed by atoms with Crippen molar-refractivity contribution in [3.05, 3.63) is 20.8 Å². The van der Waals surface area contributed by atoms with E-state index in [0.717, 1.165) is 9.35 Å². The molecular formula is C15H21BrN2O2S. The Morgan fingerprint density at radius 3 is 2.52 bits per heavy atom. The Balaban J connectivity index is 2.31. The fraction of sp³-hybridized carbons (Fsp3) is 0.600. The highest BCUT2D eigenvalue weighted by molar-refractivity contribution is 9.10. The molecule has 1 N–H and O–H groups in total. The lowest BCUT2D eigenvalue weighted by Gasteiger charge is -2.43. The number of carbonyl (C=O) groups excluding carboxylic acids is 2. The monoisotopic (exact) mass is 372 g/mol. The van der Waals surface area contributed by atoms with Gasteiger partial charge in [-0.2, -0.15) is 0 Å². The molecule has 2 unspecified atom stereocenters. The number of amides is 2. The Morgan fingerprint density at radius 2 is 2.05 bits per heavy atom. The van der Waals surface area contributed by atoms with Gasteiger partial charge in [-0.05, 0) is 39.2 Å². The minimum atomic E-state index is -0.466. The summed E-state index contributed by atoms with van der Waals surface area (Å²) >= 11 is 5.09. The van der Waals surface area contributed by atoms with E-state index in [0.29, 0.717) is 13.0 Å². The molecule has 1 saturated heterocycles. The fourth-order valence-electron chi connectivity index (χ4n) is 2.53. The summed E-state index contributed by atoms with van der Waals surface area (Å²) in [4.78, 5) is 28.0. The van der Waals surface area contributed by atoms with Crippen molar-refractivity contribution in [2.45, 2.75) is 52.7 Å². The average molecular weight is 373 g/mol. The lowest BCUT2D eigenvalue weighted by molar-refractivity contribution is -0.153. The lowest BCUT2D eigenvalue weighted by Crippen LogP contribution is -2.66. The first-order chi connectivity index (χ1) is 9.75. The third-order valence-corrected chi connectivity index (χ3v) is 5.66. The van der Waals surface area contributed by atoms with E-state index in [1.165, 1.54) is 0 Å². The molecule has 6 heteroatoms. The maximum atomic E-state index is 12.8. The van der Waals surface area contributed by atoms with Crippen molar-refractivity contribution >= 4 is 39.1 Å². The van der Waals surface area contributed by atoms with Gasteiger partial charge in [0.1, 0.15) is 12.1 Å². The van der Waals surface area contributed by atoms with Gasteiger partial charge in [0.25, 0.3) is 0 Å². The first kappa shape index (κ1) is 16.5. The summed E-state index contributed by atoms with van der Waals surface area (Å²) < 4.78 is 0.994. The third-order valence-electron chi connectivity index (χ3n) is 3.75. The third kappa shape index (κ3) is 3.31. The Morgan fingerprint density at radius 1 is 1.38 bits per heavy atom. The van der Waals surface area contributed by atoms with E-state index < -0.39 is 6.04 Å². The first-order valence-electron chi connectivity index (χ1n) is 7.08. The predicted octanol–water partition coefficient (Wildman–Crippen LogP) is 3.16. The second kappa shape index (κ2) is 6.08. The number of nitrogens with one attached hydrogen (secondary N) is 1. The molecule has 21 heavy (non-hydrogen) atoms. The number of piperazine rings is 1. The zero-order valence-electron chi connectivity index (χ0n) is 12.8. The van der Waals surface area contributed by atoms with Crippen LogP contribution in [0.2, 0.25) is 0 Å². The van der Waals surface area contributed by atoms with Gasteiger partial charge in [-0.25, -0.2) is 0 Å². The SMILES string of the molecule is CCC1C(=O)NC(C(C)(C)C)C(=O)N1Cc1sccc1Br. The number of halogens is 1. The van der Waals surface area contributed by atoms with Gasteiger partial charge in [0, 0.05) is 9.35 Å². The number of nitrogens with zero attached hydrogens (tertiary/aromatic N) is 1. The minimum Gasteiger partial charge on any atom is -0.342 e. The van der Waals surface area contributed by atoms with Gasteiger partial charge in [0.15, 0.2) is 0 Å². The molecule has 2 atom stereocenters. The van der Waals surface area contributed by atoms with Crippen LogP contribution in [0, 0.1) is 5.41 Å². The second-order valence-electron chi connectivity index (χ2n) is 6.39. The molecule has 1 aliphatic heterocycles. The van der Waals surface area contributed by atoms with Crippen LogP contribution in [-0.2, 0) is 16.1 Å². The zero-order chi connectivity index (χ0) is 15.8. The number of hydrogen-bond donors (Lipinski definition) is 1. The van der Waals surface area contributed by atoms with Gasteiger partial charge in [-0.3, -0.25) is 9.59 Å². The number of thiophene rings is 1. The molecule has 0 saturated carbocycles. The molecule has 0 radical (unpaired) electrons. The van der Waals surface area contributed by atoms with Crippen LogP contribution in [0.1, 0.15) is 39.0 Å². The van der Waals surface area contributed by atoms with E-state index in [1.54, 1.807) is 16.2 Å². The summed E-state index contributed by atoms with van der Waals surface area (Å²) in [5.74, 6) is -0.0426. The molecule has 0 spiro atoms. The lowest BCUT2D eigenvalue weighted by atomic mass is 9.83. The molecular weight excluding hydrogens is 352 g/mol. The predicted molar refractivity (Wildman–Crippen MR) is 88.0 cm³/mol. The number of carbonyl (C=O) groups is 2. The Kier molecular flexibility index (Phi) is 4.78. The van der Waals surface area contributed by atoms with Crippen molar-refractivity contribution in [1.29, 1.82) is 0 Å². The van der Waals surface area contributed by atoms with Crippen LogP contribution in [0.15, 0.2) is 15.9 Å². The van der Waals surface area contributed by atoms with Gasteiger partial charge in [0.05, 0.1) is 6.54 Å². The summed E-state index contributed by atoms with van der Waals surface area (Å²) in [6.07, 6.45) is 0.622. The van der Waals surface area contributed by atoms with Crippen molar-refractivity contribution in [2.75, 3.05) is 0 Å². The van der Waals surface area contributed by atoms with E-state index >= 15 is 0 Å². The topological polar surface area (TPSA) is 49.4 Å². The summed E-state index contributed by atoms with van der Waals surface area (Å²) in [6.45, 7) is 8.34. The quantitative estimate of drug-likeness (QED) is 0.885. The highest BCUT2D eigenvalue weighted by Gasteiger charge is 2.44. The Bertz CT molecular complexity index is 550. The van der Waals surface area contributed by atoms with Crippen molar-refractivity contribution < 1.29 is 9.59 Å². The van der Waals surface area contributed by atoms with Gasteiger partial charge < -0.3 is 10.2 Å². The van der Waals surface area contributed by atoms with Crippen molar-refractivity contribution in [3.8, 4) is 0 Å². The molecule has 1 aliphatic rings. The summed E-state index contributed by atoms with van der Waals surface area (Å²) in [7, 11) is 0. The molecule has 4 nitrogen and oxygen atoms in total. The van der Waals surface area contributed by atoms with Gasteiger partial charge in [-0.15, -0.1) is 11.3 Å². The zero-order valence-corrected chi connectivity index (χ0v) is 15.2. The van der Waals surface area contributed by atoms with E-state index in [-0.39, 0.29) is 23.3 Å².